The maximum Gasteiger partial charge on any atom is 0.416 e. The number of alkyl halides is 3. The first-order valence-corrected chi connectivity index (χ1v) is 9.94. The van der Waals surface area contributed by atoms with Gasteiger partial charge in [-0.25, -0.2) is 19.1 Å². The zero-order valence-electron chi connectivity index (χ0n) is 17.9. The number of aromatic nitrogens is 3. The average Bonchev–Trinajstić information content (AvgIpc) is 2.75. The highest BCUT2D eigenvalue weighted by molar-refractivity contribution is 5.83. The number of carbonyl (C=O) groups is 1. The van der Waals surface area contributed by atoms with Gasteiger partial charge in [0.25, 0.3) is 0 Å². The predicted octanol–water partition coefficient (Wildman–Crippen LogP) is 3.44. The van der Waals surface area contributed by atoms with Crippen LogP contribution in [0, 0.1) is 12.7 Å². The second kappa shape index (κ2) is 9.80. The Labute approximate surface area is 186 Å². The summed E-state index contributed by atoms with van der Waals surface area (Å²) in [6, 6.07) is 7.36. The minimum absolute atomic E-state index is 0.0627. The summed E-state index contributed by atoms with van der Waals surface area (Å²) < 4.78 is 54.4. The summed E-state index contributed by atoms with van der Waals surface area (Å²) in [7, 11) is 0. The number of aryl methyl sites for hydroxylation is 1. The summed E-state index contributed by atoms with van der Waals surface area (Å²) in [5, 5.41) is 3.76. The molecule has 0 aliphatic rings. The SMILES string of the molecule is CC(=O)N(Cc1cc(C(F)(F)F)ccc1F)n1c(C)cnc(NCCc2ccccn2)c1=O. The van der Waals surface area contributed by atoms with Crippen molar-refractivity contribution in [1.82, 2.24) is 14.6 Å². The van der Waals surface area contributed by atoms with Gasteiger partial charge in [-0.3, -0.25) is 14.6 Å². The fourth-order valence-corrected chi connectivity index (χ4v) is 3.16. The summed E-state index contributed by atoms with van der Waals surface area (Å²) in [5.41, 5.74) is -1.09. The topological polar surface area (TPSA) is 80.1 Å². The van der Waals surface area contributed by atoms with Crippen molar-refractivity contribution >= 4 is 11.7 Å². The minimum atomic E-state index is -4.68. The van der Waals surface area contributed by atoms with Crippen molar-refractivity contribution in [3.63, 3.8) is 0 Å². The number of anilines is 1. The van der Waals surface area contributed by atoms with Gasteiger partial charge in [-0.1, -0.05) is 6.07 Å². The lowest BCUT2D eigenvalue weighted by molar-refractivity contribution is -0.137. The highest BCUT2D eigenvalue weighted by Gasteiger charge is 2.31. The second-order valence-corrected chi connectivity index (χ2v) is 7.24. The molecule has 11 heteroatoms. The quantitative estimate of drug-likeness (QED) is 0.543. The molecule has 174 valence electrons. The van der Waals surface area contributed by atoms with Gasteiger partial charge in [0.05, 0.1) is 24.0 Å². The predicted molar refractivity (Wildman–Crippen MR) is 114 cm³/mol. The highest BCUT2D eigenvalue weighted by atomic mass is 19.4. The van der Waals surface area contributed by atoms with Crippen LogP contribution in [0.5, 0.6) is 0 Å². The van der Waals surface area contributed by atoms with E-state index in [1.54, 1.807) is 12.3 Å². The van der Waals surface area contributed by atoms with E-state index in [0.717, 1.165) is 22.3 Å². The van der Waals surface area contributed by atoms with Gasteiger partial charge >= 0.3 is 11.7 Å². The van der Waals surface area contributed by atoms with Crippen LogP contribution in [0.25, 0.3) is 0 Å². The largest absolute Gasteiger partial charge is 0.416 e. The lowest BCUT2D eigenvalue weighted by atomic mass is 10.1. The lowest BCUT2D eigenvalue weighted by Gasteiger charge is -2.26. The first kappa shape index (κ1) is 23.9. The Morgan fingerprint density at radius 2 is 1.94 bits per heavy atom. The summed E-state index contributed by atoms with van der Waals surface area (Å²) in [5.74, 6) is -1.65. The van der Waals surface area contributed by atoms with Crippen LogP contribution in [0.2, 0.25) is 0 Å². The van der Waals surface area contributed by atoms with E-state index in [-0.39, 0.29) is 17.1 Å². The molecule has 0 aliphatic heterocycles. The number of amides is 1. The molecule has 0 radical (unpaired) electrons. The van der Waals surface area contributed by atoms with E-state index in [0.29, 0.717) is 31.2 Å². The van der Waals surface area contributed by atoms with Crippen molar-refractivity contribution in [3.8, 4) is 0 Å². The fraction of sp³-hybridized carbons (Fsp3) is 0.273. The third-order valence-electron chi connectivity index (χ3n) is 4.81. The lowest BCUT2D eigenvalue weighted by Crippen LogP contribution is -2.47. The number of hydrogen-bond donors (Lipinski definition) is 1. The molecular formula is C22H21F4N5O2. The van der Waals surface area contributed by atoms with Crippen LogP contribution in [-0.4, -0.2) is 27.1 Å². The average molecular weight is 463 g/mol. The Morgan fingerprint density at radius 1 is 1.18 bits per heavy atom. The molecule has 1 amide bonds. The number of benzene rings is 1. The Hall–Kier alpha value is -3.76. The van der Waals surface area contributed by atoms with Crippen molar-refractivity contribution in [2.45, 2.75) is 33.0 Å². The standard InChI is InChI=1S/C22H21F4N5O2/c1-14-12-29-20(28-10-8-18-5-3-4-9-27-18)21(33)31(14)30(15(2)32)13-16-11-17(22(24,25)26)6-7-19(16)23/h3-7,9,11-12H,8,10,13H2,1-2H3,(H,28,29). The third kappa shape index (κ3) is 5.73. The monoisotopic (exact) mass is 463 g/mol. The van der Waals surface area contributed by atoms with Crippen LogP contribution in [0.3, 0.4) is 0 Å². The number of rotatable bonds is 7. The summed E-state index contributed by atoms with van der Waals surface area (Å²) in [6.45, 7) is 2.38. The van der Waals surface area contributed by atoms with Crippen molar-refractivity contribution in [2.75, 3.05) is 16.9 Å². The van der Waals surface area contributed by atoms with E-state index in [9.17, 15) is 27.2 Å². The first-order chi connectivity index (χ1) is 15.6. The van der Waals surface area contributed by atoms with E-state index < -0.39 is 35.6 Å². The van der Waals surface area contributed by atoms with Crippen LogP contribution < -0.4 is 15.9 Å². The molecular weight excluding hydrogens is 442 g/mol. The molecule has 1 N–H and O–H groups in total. The van der Waals surface area contributed by atoms with Gasteiger partial charge in [-0.15, -0.1) is 0 Å². The van der Waals surface area contributed by atoms with Gasteiger partial charge in [0.1, 0.15) is 5.82 Å². The number of pyridine rings is 1. The maximum atomic E-state index is 14.3. The van der Waals surface area contributed by atoms with E-state index >= 15 is 0 Å². The van der Waals surface area contributed by atoms with Crippen molar-refractivity contribution < 1.29 is 22.4 Å². The van der Waals surface area contributed by atoms with E-state index in [2.05, 4.69) is 15.3 Å². The molecule has 0 atom stereocenters. The van der Waals surface area contributed by atoms with Crippen molar-refractivity contribution in [1.29, 1.82) is 0 Å². The zero-order chi connectivity index (χ0) is 24.2. The molecule has 0 saturated carbocycles. The molecule has 0 saturated heterocycles. The minimum Gasteiger partial charge on any atom is -0.365 e. The number of nitrogens with one attached hydrogen (secondary N) is 1. The molecule has 33 heavy (non-hydrogen) atoms. The van der Waals surface area contributed by atoms with Crippen LogP contribution in [-0.2, 0) is 23.9 Å². The summed E-state index contributed by atoms with van der Waals surface area (Å²) in [6.07, 6.45) is -1.20. The number of nitrogens with zero attached hydrogens (tertiary/aromatic N) is 4. The third-order valence-corrected chi connectivity index (χ3v) is 4.81. The van der Waals surface area contributed by atoms with Crippen LogP contribution in [0.15, 0.2) is 53.6 Å². The van der Waals surface area contributed by atoms with Gasteiger partial charge < -0.3 is 5.32 Å². The first-order valence-electron chi connectivity index (χ1n) is 9.94. The van der Waals surface area contributed by atoms with Gasteiger partial charge in [-0.2, -0.15) is 13.2 Å². The van der Waals surface area contributed by atoms with E-state index in [4.69, 9.17) is 0 Å². The molecule has 3 aromatic rings. The van der Waals surface area contributed by atoms with Crippen LogP contribution >= 0.6 is 0 Å². The molecule has 2 heterocycles. The molecule has 0 aliphatic carbocycles. The van der Waals surface area contributed by atoms with Gasteiger partial charge in [0.15, 0.2) is 5.82 Å². The van der Waals surface area contributed by atoms with E-state index in [1.807, 2.05) is 12.1 Å². The smallest absolute Gasteiger partial charge is 0.365 e. The molecule has 0 unspecified atom stereocenters. The summed E-state index contributed by atoms with van der Waals surface area (Å²) in [4.78, 5) is 33.6. The van der Waals surface area contributed by atoms with E-state index in [1.165, 1.54) is 13.1 Å². The molecule has 3 rings (SSSR count). The zero-order valence-corrected chi connectivity index (χ0v) is 17.9. The van der Waals surface area contributed by atoms with Crippen molar-refractivity contribution in [2.24, 2.45) is 0 Å². The molecule has 0 bridgehead atoms. The molecule has 1 aromatic carbocycles. The van der Waals surface area contributed by atoms with Gasteiger partial charge in [-0.05, 0) is 37.3 Å². The van der Waals surface area contributed by atoms with Crippen LogP contribution in [0.1, 0.15) is 29.4 Å². The Kier molecular flexibility index (Phi) is 7.10. The number of hydrogen-bond acceptors (Lipinski definition) is 5. The van der Waals surface area contributed by atoms with Gasteiger partial charge in [0, 0.05) is 37.3 Å². The number of halogens is 4. The Balaban J connectivity index is 1.90. The second-order valence-electron chi connectivity index (χ2n) is 7.24. The molecule has 0 fully saturated rings. The van der Waals surface area contributed by atoms with Crippen molar-refractivity contribution in [3.05, 3.63) is 87.5 Å². The van der Waals surface area contributed by atoms with Crippen LogP contribution in [0.4, 0.5) is 23.4 Å². The number of carbonyl (C=O) groups excluding carboxylic acids is 1. The Morgan fingerprint density at radius 3 is 2.58 bits per heavy atom. The molecule has 7 nitrogen and oxygen atoms in total. The fourth-order valence-electron chi connectivity index (χ4n) is 3.16. The molecule has 2 aromatic heterocycles. The maximum absolute atomic E-state index is 14.3. The Bertz CT molecular complexity index is 1200. The molecule has 0 spiro atoms. The van der Waals surface area contributed by atoms with Gasteiger partial charge in [0.2, 0.25) is 5.91 Å². The normalized spacial score (nSPS) is 11.3. The highest BCUT2D eigenvalue weighted by Crippen LogP contribution is 2.30. The summed E-state index contributed by atoms with van der Waals surface area (Å²) >= 11 is 0.